The van der Waals surface area contributed by atoms with Crippen LogP contribution in [0.2, 0.25) is 0 Å². The molecule has 0 saturated carbocycles. The highest BCUT2D eigenvalue weighted by molar-refractivity contribution is 7.92. The largest absolute Gasteiger partial charge is 0.504 e. The number of nitrogens with zero attached hydrogens (tertiary/aromatic N) is 3. The number of amides is 1. The number of benzene rings is 1. The summed E-state index contributed by atoms with van der Waals surface area (Å²) >= 11 is 0. The van der Waals surface area contributed by atoms with E-state index in [1.807, 2.05) is 31.2 Å². The van der Waals surface area contributed by atoms with Crippen molar-refractivity contribution in [3.63, 3.8) is 0 Å². The topological polar surface area (TPSA) is 112 Å². The molecule has 1 aliphatic heterocycles. The molecule has 2 N–H and O–H groups in total. The summed E-state index contributed by atoms with van der Waals surface area (Å²) in [5, 5.41) is 13.8. The van der Waals surface area contributed by atoms with Crippen LogP contribution in [-0.4, -0.2) is 41.7 Å². The van der Waals surface area contributed by atoms with Crippen LogP contribution >= 0.6 is 0 Å². The maximum atomic E-state index is 12.8. The van der Waals surface area contributed by atoms with E-state index in [1.54, 1.807) is 12.1 Å². The maximum Gasteiger partial charge on any atom is 0.274 e. The molecule has 156 valence electrons. The van der Waals surface area contributed by atoms with Gasteiger partial charge in [0.05, 0.1) is 5.75 Å². The van der Waals surface area contributed by atoms with Crippen molar-refractivity contribution in [1.82, 2.24) is 15.3 Å². The van der Waals surface area contributed by atoms with E-state index in [0.717, 1.165) is 11.1 Å². The third-order valence-electron chi connectivity index (χ3n) is 5.05. The Bertz CT molecular complexity index is 1230. The number of pyridine rings is 2. The second kappa shape index (κ2) is 7.91. The Kier molecular flexibility index (Phi) is 5.29. The fourth-order valence-electron chi connectivity index (χ4n) is 3.57. The molecule has 1 fully saturated rings. The van der Waals surface area contributed by atoms with E-state index in [-0.39, 0.29) is 41.6 Å². The molecule has 1 amide bonds. The minimum Gasteiger partial charge on any atom is -0.504 e. The second-order valence-corrected chi connectivity index (χ2v) is 9.31. The summed E-state index contributed by atoms with van der Waals surface area (Å²) in [6.07, 6.45) is 2.75. The Morgan fingerprint density at radius 2 is 2.07 bits per heavy atom. The normalized spacial score (nSPS) is 15.8. The Labute approximate surface area is 174 Å². The van der Waals surface area contributed by atoms with Crippen LogP contribution in [-0.2, 0) is 16.6 Å². The van der Waals surface area contributed by atoms with Crippen molar-refractivity contribution in [1.29, 1.82) is 0 Å². The minimum atomic E-state index is -3.55. The van der Waals surface area contributed by atoms with Gasteiger partial charge in [-0.1, -0.05) is 29.8 Å². The lowest BCUT2D eigenvalue weighted by Crippen LogP contribution is -2.39. The zero-order valence-corrected chi connectivity index (χ0v) is 17.3. The predicted octanol–water partition coefficient (Wildman–Crippen LogP) is 2.50. The maximum absolute atomic E-state index is 12.8. The Morgan fingerprint density at radius 1 is 1.23 bits per heavy atom. The van der Waals surface area contributed by atoms with Gasteiger partial charge in [-0.15, -0.1) is 0 Å². The van der Waals surface area contributed by atoms with Gasteiger partial charge in [0, 0.05) is 24.7 Å². The Hall–Kier alpha value is -3.20. The highest BCUT2D eigenvalue weighted by Gasteiger charge is 2.31. The molecule has 1 aliphatic rings. The van der Waals surface area contributed by atoms with E-state index in [1.165, 1.54) is 10.5 Å². The monoisotopic (exact) mass is 426 g/mol. The van der Waals surface area contributed by atoms with Crippen LogP contribution in [0.4, 0.5) is 5.82 Å². The third-order valence-corrected chi connectivity index (χ3v) is 6.88. The summed E-state index contributed by atoms with van der Waals surface area (Å²) in [6, 6.07) is 11.0. The standard InChI is InChI=1S/C21H22N4O4S/c1-14-6-4-7-15(12-14)13-23-21(27)18-19(26)17-16(8-5-9-22-17)20(24-18)25-10-2-3-11-30(25,28)29/h4-9,12,26H,2-3,10-11,13H2,1H3,(H,23,27). The summed E-state index contributed by atoms with van der Waals surface area (Å²) in [4.78, 5) is 21.3. The molecule has 8 nitrogen and oxygen atoms in total. The molecule has 0 bridgehead atoms. The molecular weight excluding hydrogens is 404 g/mol. The van der Waals surface area contributed by atoms with Crippen molar-refractivity contribution in [2.75, 3.05) is 16.6 Å². The van der Waals surface area contributed by atoms with E-state index in [4.69, 9.17) is 0 Å². The molecule has 1 saturated heterocycles. The average molecular weight is 426 g/mol. The van der Waals surface area contributed by atoms with E-state index in [0.29, 0.717) is 18.2 Å². The number of fused-ring (bicyclic) bond motifs is 1. The van der Waals surface area contributed by atoms with E-state index in [9.17, 15) is 18.3 Å². The van der Waals surface area contributed by atoms with Gasteiger partial charge in [0.25, 0.3) is 5.91 Å². The molecule has 0 spiro atoms. The molecule has 0 unspecified atom stereocenters. The van der Waals surface area contributed by atoms with Crippen LogP contribution in [0.3, 0.4) is 0 Å². The molecule has 3 aromatic rings. The van der Waals surface area contributed by atoms with E-state index >= 15 is 0 Å². The third kappa shape index (κ3) is 3.80. The number of hydrogen-bond acceptors (Lipinski definition) is 6. The zero-order valence-electron chi connectivity index (χ0n) is 16.5. The van der Waals surface area contributed by atoms with Crippen LogP contribution in [0.25, 0.3) is 10.9 Å². The lowest BCUT2D eigenvalue weighted by molar-refractivity contribution is 0.0943. The molecule has 4 rings (SSSR count). The minimum absolute atomic E-state index is 0.0200. The number of aromatic nitrogens is 2. The van der Waals surface area contributed by atoms with Gasteiger partial charge in [0.1, 0.15) is 5.52 Å². The van der Waals surface area contributed by atoms with Gasteiger partial charge in [0.15, 0.2) is 17.3 Å². The van der Waals surface area contributed by atoms with Crippen molar-refractivity contribution in [2.45, 2.75) is 26.3 Å². The fraction of sp³-hybridized carbons (Fsp3) is 0.286. The molecule has 3 heterocycles. The SMILES string of the molecule is Cc1cccc(CNC(=O)c2nc(N3CCCCS3(=O)=O)c3cccnc3c2O)c1. The number of anilines is 1. The summed E-state index contributed by atoms with van der Waals surface area (Å²) in [5.74, 6) is -0.828. The highest BCUT2D eigenvalue weighted by atomic mass is 32.2. The number of carbonyl (C=O) groups is 1. The second-order valence-electron chi connectivity index (χ2n) is 7.30. The van der Waals surface area contributed by atoms with Crippen LogP contribution in [0.5, 0.6) is 5.75 Å². The molecule has 1 aromatic carbocycles. The van der Waals surface area contributed by atoms with Crippen LogP contribution in [0.1, 0.15) is 34.5 Å². The highest BCUT2D eigenvalue weighted by Crippen LogP contribution is 2.34. The Morgan fingerprint density at radius 3 is 2.83 bits per heavy atom. The van der Waals surface area contributed by atoms with Gasteiger partial charge in [-0.05, 0) is 37.5 Å². The molecule has 9 heteroatoms. The zero-order chi connectivity index (χ0) is 21.3. The van der Waals surface area contributed by atoms with Crippen molar-refractivity contribution in [3.05, 3.63) is 59.4 Å². The Balaban J connectivity index is 1.74. The number of nitrogens with one attached hydrogen (secondary N) is 1. The molecule has 0 aliphatic carbocycles. The van der Waals surface area contributed by atoms with Gasteiger partial charge >= 0.3 is 0 Å². The van der Waals surface area contributed by atoms with Crippen LogP contribution < -0.4 is 9.62 Å². The van der Waals surface area contributed by atoms with Crippen LogP contribution in [0.15, 0.2) is 42.6 Å². The molecule has 2 aromatic heterocycles. The molecule has 30 heavy (non-hydrogen) atoms. The van der Waals surface area contributed by atoms with Gasteiger partial charge in [-0.2, -0.15) is 0 Å². The number of aryl methyl sites for hydroxylation is 1. The van der Waals surface area contributed by atoms with Crippen molar-refractivity contribution < 1.29 is 18.3 Å². The first kappa shape index (κ1) is 20.1. The molecule has 0 radical (unpaired) electrons. The van der Waals surface area contributed by atoms with Gasteiger partial charge in [0.2, 0.25) is 10.0 Å². The van der Waals surface area contributed by atoms with Crippen molar-refractivity contribution >= 4 is 32.7 Å². The first-order chi connectivity index (χ1) is 14.4. The summed E-state index contributed by atoms with van der Waals surface area (Å²) in [5.41, 5.74) is 1.87. The van der Waals surface area contributed by atoms with Gasteiger partial charge in [-0.3, -0.25) is 14.1 Å². The molecule has 0 atom stereocenters. The number of carbonyl (C=O) groups excluding carboxylic acids is 1. The van der Waals surface area contributed by atoms with E-state index < -0.39 is 15.9 Å². The number of rotatable bonds is 4. The average Bonchev–Trinajstić information content (AvgIpc) is 2.73. The number of hydrogen-bond donors (Lipinski definition) is 2. The number of sulfonamides is 1. The quantitative estimate of drug-likeness (QED) is 0.663. The summed E-state index contributed by atoms with van der Waals surface area (Å²) in [6.45, 7) is 2.48. The smallest absolute Gasteiger partial charge is 0.274 e. The van der Waals surface area contributed by atoms with Gasteiger partial charge in [-0.25, -0.2) is 13.4 Å². The number of aromatic hydroxyl groups is 1. The first-order valence-corrected chi connectivity index (χ1v) is 11.3. The first-order valence-electron chi connectivity index (χ1n) is 9.68. The lowest BCUT2D eigenvalue weighted by atomic mass is 10.1. The predicted molar refractivity (Wildman–Crippen MR) is 114 cm³/mol. The summed E-state index contributed by atoms with van der Waals surface area (Å²) < 4.78 is 26.5. The lowest BCUT2D eigenvalue weighted by Gasteiger charge is -2.28. The summed E-state index contributed by atoms with van der Waals surface area (Å²) in [7, 11) is -3.55. The van der Waals surface area contributed by atoms with Crippen molar-refractivity contribution in [2.24, 2.45) is 0 Å². The van der Waals surface area contributed by atoms with Gasteiger partial charge < -0.3 is 10.4 Å². The van der Waals surface area contributed by atoms with Crippen LogP contribution in [0, 0.1) is 6.92 Å². The molecular formula is C21H22N4O4S. The van der Waals surface area contributed by atoms with Crippen molar-refractivity contribution in [3.8, 4) is 5.75 Å². The van der Waals surface area contributed by atoms with E-state index in [2.05, 4.69) is 15.3 Å². The fourth-order valence-corrected chi connectivity index (χ4v) is 5.17.